The van der Waals surface area contributed by atoms with Crippen LogP contribution in [0.4, 0.5) is 0 Å². The van der Waals surface area contributed by atoms with Gasteiger partial charge < -0.3 is 9.84 Å². The van der Waals surface area contributed by atoms with Crippen LogP contribution in [-0.4, -0.2) is 58.9 Å². The van der Waals surface area contributed by atoms with E-state index in [0.717, 1.165) is 58.0 Å². The second-order valence-corrected chi connectivity index (χ2v) is 13.3. The molecule has 4 unspecified atom stereocenters. The maximum absolute atomic E-state index is 13.2. The number of carbonyl (C=O) groups is 2. The van der Waals surface area contributed by atoms with Gasteiger partial charge in [0.05, 0.1) is 12.6 Å². The van der Waals surface area contributed by atoms with Crippen molar-refractivity contribution in [1.82, 2.24) is 4.90 Å². The highest BCUT2D eigenvalue weighted by Gasteiger charge is 2.65. The summed E-state index contributed by atoms with van der Waals surface area (Å²) in [5.41, 5.74) is -0.224. The number of nitriles is 1. The highest BCUT2D eigenvalue weighted by atomic mass is 32.2. The Labute approximate surface area is 215 Å². The number of hydrogen-bond donors (Lipinski definition) is 1. The molecule has 0 saturated heterocycles. The summed E-state index contributed by atoms with van der Waals surface area (Å²) < 4.78 is 6.41. The van der Waals surface area contributed by atoms with Gasteiger partial charge in [-0.05, 0) is 105 Å². The van der Waals surface area contributed by atoms with E-state index in [1.807, 2.05) is 0 Å². The molecule has 196 valence electrons. The molecule has 0 aromatic heterocycles. The number of aliphatic hydroxyl groups excluding tert-OH is 1. The van der Waals surface area contributed by atoms with Gasteiger partial charge in [-0.15, -0.1) is 0 Å². The molecule has 0 radical (unpaired) electrons. The molecule has 0 aromatic rings. The third-order valence-corrected chi connectivity index (χ3v) is 11.7. The van der Waals surface area contributed by atoms with Crippen LogP contribution in [0, 0.1) is 51.1 Å². The number of ether oxygens (including phenoxy) is 1. The van der Waals surface area contributed by atoms with Crippen LogP contribution in [0.2, 0.25) is 0 Å². The fraction of sp³-hybridized carbons (Fsp3) is 0.893. The molecule has 4 aliphatic rings. The standard InChI is InChI=1S/C28H44N2O4S/c1-6-30(7-2)15-25(33)34-23-13-28(5)20(17(3)31)10-11-21(28)19-9-8-18-12-22(32)24(35-16-29)14-27(18,4)26(19)23/h18-24,26,32H,6-15H2,1-5H3/t18?,19-,20+,21-,22?,23?,24?,26+,27-,28+/m0/s1. The van der Waals surface area contributed by atoms with Gasteiger partial charge in [0.15, 0.2) is 0 Å². The molecule has 0 amide bonds. The Morgan fingerprint density at radius 2 is 1.83 bits per heavy atom. The van der Waals surface area contributed by atoms with E-state index >= 15 is 0 Å². The lowest BCUT2D eigenvalue weighted by atomic mass is 9.43. The van der Waals surface area contributed by atoms with Crippen LogP contribution in [0.25, 0.3) is 0 Å². The minimum atomic E-state index is -0.458. The second kappa shape index (κ2) is 10.3. The van der Waals surface area contributed by atoms with Crippen LogP contribution in [-0.2, 0) is 14.3 Å². The number of Topliss-reactive ketones (excluding diaryl/α,β-unsaturated/α-hetero) is 1. The molecule has 7 heteroatoms. The van der Waals surface area contributed by atoms with Crippen molar-refractivity contribution in [2.75, 3.05) is 19.6 Å². The molecule has 4 aliphatic carbocycles. The molecule has 0 aromatic carbocycles. The van der Waals surface area contributed by atoms with Gasteiger partial charge in [-0.25, -0.2) is 0 Å². The van der Waals surface area contributed by atoms with Gasteiger partial charge in [0.25, 0.3) is 0 Å². The van der Waals surface area contributed by atoms with Crippen LogP contribution in [0.15, 0.2) is 0 Å². The smallest absolute Gasteiger partial charge is 0.320 e. The molecule has 35 heavy (non-hydrogen) atoms. The third-order valence-electron chi connectivity index (χ3n) is 10.8. The number of aliphatic hydroxyl groups is 1. The van der Waals surface area contributed by atoms with E-state index in [0.29, 0.717) is 24.3 Å². The Hall–Kier alpha value is -1.10. The summed E-state index contributed by atoms with van der Waals surface area (Å²) in [6.07, 6.45) is 5.71. The summed E-state index contributed by atoms with van der Waals surface area (Å²) in [7, 11) is 0. The zero-order valence-electron chi connectivity index (χ0n) is 22.2. The number of ketones is 1. The van der Waals surface area contributed by atoms with Crippen molar-refractivity contribution < 1.29 is 19.4 Å². The van der Waals surface area contributed by atoms with Gasteiger partial charge in [-0.2, -0.15) is 5.26 Å². The summed E-state index contributed by atoms with van der Waals surface area (Å²) >= 11 is 1.20. The lowest BCUT2D eigenvalue weighted by Crippen LogP contribution is -2.61. The normalized spacial score (nSPS) is 44.6. The van der Waals surface area contributed by atoms with Crippen molar-refractivity contribution in [3.05, 3.63) is 0 Å². The summed E-state index contributed by atoms with van der Waals surface area (Å²) in [5.74, 6) is 1.60. The van der Waals surface area contributed by atoms with Crippen molar-refractivity contribution in [3.63, 3.8) is 0 Å². The average Bonchev–Trinajstić information content (AvgIpc) is 3.15. The summed E-state index contributed by atoms with van der Waals surface area (Å²) in [4.78, 5) is 28.0. The first-order valence-electron chi connectivity index (χ1n) is 13.7. The SMILES string of the molecule is CCN(CC)CC(=O)OC1C[C@]2(C)[C@@H](C(C)=O)CC[C@H]2[C@@H]2CCC3CC(O)C(SC#N)C[C@]3(C)[C@@H]12. The van der Waals surface area contributed by atoms with Gasteiger partial charge in [-0.1, -0.05) is 27.7 Å². The van der Waals surface area contributed by atoms with Crippen molar-refractivity contribution in [2.45, 2.75) is 97.0 Å². The first-order chi connectivity index (χ1) is 16.6. The van der Waals surface area contributed by atoms with Gasteiger partial charge in [0, 0.05) is 17.1 Å². The van der Waals surface area contributed by atoms with E-state index in [9.17, 15) is 20.0 Å². The van der Waals surface area contributed by atoms with Crippen LogP contribution < -0.4 is 0 Å². The number of likely N-dealkylation sites (N-methyl/N-ethyl adjacent to an activating group) is 1. The Morgan fingerprint density at radius 1 is 1.11 bits per heavy atom. The van der Waals surface area contributed by atoms with Gasteiger partial charge in [0.2, 0.25) is 0 Å². The number of thioether (sulfide) groups is 1. The predicted molar refractivity (Wildman–Crippen MR) is 137 cm³/mol. The summed E-state index contributed by atoms with van der Waals surface area (Å²) in [6.45, 7) is 12.4. The highest BCUT2D eigenvalue weighted by molar-refractivity contribution is 8.04. The van der Waals surface area contributed by atoms with Crippen molar-refractivity contribution >= 4 is 23.5 Å². The summed E-state index contributed by atoms with van der Waals surface area (Å²) in [6, 6.07) is 0. The Bertz CT molecular complexity index is 856. The average molecular weight is 505 g/mol. The van der Waals surface area contributed by atoms with E-state index in [1.54, 1.807) is 6.92 Å². The van der Waals surface area contributed by atoms with Crippen LogP contribution in [0.1, 0.15) is 79.6 Å². The molecule has 0 bridgehead atoms. The number of rotatable bonds is 7. The zero-order chi connectivity index (χ0) is 25.5. The van der Waals surface area contributed by atoms with Crippen molar-refractivity contribution in [2.24, 2.45) is 40.4 Å². The fourth-order valence-corrected chi connectivity index (χ4v) is 9.99. The predicted octanol–water partition coefficient (Wildman–Crippen LogP) is 4.65. The van der Waals surface area contributed by atoms with Crippen LogP contribution >= 0.6 is 11.8 Å². The quantitative estimate of drug-likeness (QED) is 0.399. The first kappa shape index (κ1) is 26.9. The Balaban J connectivity index is 1.69. The minimum Gasteiger partial charge on any atom is -0.461 e. The molecule has 0 heterocycles. The van der Waals surface area contributed by atoms with Crippen molar-refractivity contribution in [1.29, 1.82) is 5.26 Å². The largest absolute Gasteiger partial charge is 0.461 e. The van der Waals surface area contributed by atoms with E-state index in [4.69, 9.17) is 4.74 Å². The monoisotopic (exact) mass is 504 g/mol. The second-order valence-electron chi connectivity index (χ2n) is 12.3. The molecular weight excluding hydrogens is 460 g/mol. The van der Waals surface area contributed by atoms with E-state index in [2.05, 4.69) is 38.0 Å². The lowest BCUT2D eigenvalue weighted by Gasteiger charge is -2.63. The van der Waals surface area contributed by atoms with Gasteiger partial charge in [0.1, 0.15) is 17.3 Å². The Morgan fingerprint density at radius 3 is 2.46 bits per heavy atom. The van der Waals surface area contributed by atoms with Gasteiger partial charge in [-0.3, -0.25) is 14.5 Å². The molecular formula is C28H44N2O4S. The molecule has 4 fully saturated rings. The molecule has 1 N–H and O–H groups in total. The number of esters is 1. The minimum absolute atomic E-state index is 0.0398. The number of nitrogens with zero attached hydrogens (tertiary/aromatic N) is 2. The summed E-state index contributed by atoms with van der Waals surface area (Å²) in [5, 5.41) is 22.3. The molecule has 6 nitrogen and oxygen atoms in total. The molecule has 10 atom stereocenters. The number of fused-ring (bicyclic) bond motifs is 5. The molecule has 4 saturated carbocycles. The van der Waals surface area contributed by atoms with Gasteiger partial charge >= 0.3 is 5.97 Å². The highest BCUT2D eigenvalue weighted by Crippen LogP contribution is 2.68. The van der Waals surface area contributed by atoms with Crippen LogP contribution in [0.3, 0.4) is 0 Å². The van der Waals surface area contributed by atoms with Crippen molar-refractivity contribution in [3.8, 4) is 5.40 Å². The lowest BCUT2D eigenvalue weighted by molar-refractivity contribution is -0.198. The third kappa shape index (κ3) is 4.68. The number of carbonyl (C=O) groups excluding carboxylic acids is 2. The van der Waals surface area contributed by atoms with Crippen LogP contribution in [0.5, 0.6) is 0 Å². The number of hydrogen-bond acceptors (Lipinski definition) is 7. The topological polar surface area (TPSA) is 90.6 Å². The maximum atomic E-state index is 13.2. The number of thiocyanates is 1. The van der Waals surface area contributed by atoms with E-state index < -0.39 is 6.10 Å². The fourth-order valence-electron chi connectivity index (χ4n) is 9.15. The maximum Gasteiger partial charge on any atom is 0.320 e. The zero-order valence-corrected chi connectivity index (χ0v) is 23.0. The molecule has 0 aliphatic heterocycles. The Kier molecular flexibility index (Phi) is 7.96. The molecule has 4 rings (SSSR count). The first-order valence-corrected chi connectivity index (χ1v) is 14.6. The van der Waals surface area contributed by atoms with E-state index in [1.165, 1.54) is 11.8 Å². The molecule has 0 spiro atoms. The van der Waals surface area contributed by atoms with E-state index in [-0.39, 0.29) is 45.8 Å².